The van der Waals surface area contributed by atoms with Gasteiger partial charge in [0.05, 0.1) is 26.0 Å². The number of carbonyl (C=O) groups excluding carboxylic acids is 1. The van der Waals surface area contributed by atoms with Crippen molar-refractivity contribution < 1.29 is 14.3 Å². The second-order valence-corrected chi connectivity index (χ2v) is 7.64. The number of ether oxygens (including phenoxy) is 2. The van der Waals surface area contributed by atoms with Crippen molar-refractivity contribution in [3.8, 4) is 22.1 Å². The molecule has 4 aromatic rings. The van der Waals surface area contributed by atoms with E-state index in [2.05, 4.69) is 20.7 Å². The lowest BCUT2D eigenvalue weighted by molar-refractivity contribution is 0.251. The maximum Gasteiger partial charge on any atom is 0.319 e. The fourth-order valence-corrected chi connectivity index (χ4v) is 3.87. The van der Waals surface area contributed by atoms with Crippen LogP contribution < -0.4 is 25.7 Å². The molecule has 10 heteroatoms. The molecule has 2 heterocycles. The molecule has 0 spiro atoms. The van der Waals surface area contributed by atoms with E-state index in [0.29, 0.717) is 28.0 Å². The first-order chi connectivity index (χ1) is 15.6. The minimum absolute atomic E-state index is 0.102. The van der Waals surface area contributed by atoms with Crippen LogP contribution in [0.4, 0.5) is 10.5 Å². The number of methoxy groups -OCH3 is 1. The van der Waals surface area contributed by atoms with Gasteiger partial charge < -0.3 is 20.1 Å². The average molecular weight is 452 g/mol. The predicted molar refractivity (Wildman–Crippen MR) is 123 cm³/mol. The van der Waals surface area contributed by atoms with Crippen LogP contribution >= 0.6 is 11.3 Å². The van der Waals surface area contributed by atoms with Gasteiger partial charge in [0.15, 0.2) is 0 Å². The van der Waals surface area contributed by atoms with Gasteiger partial charge in [-0.25, -0.2) is 9.78 Å². The molecule has 0 saturated heterocycles. The van der Waals surface area contributed by atoms with E-state index >= 15 is 0 Å². The Morgan fingerprint density at radius 3 is 2.50 bits per heavy atom. The van der Waals surface area contributed by atoms with Gasteiger partial charge in [-0.15, -0.1) is 0 Å². The van der Waals surface area contributed by atoms with E-state index in [4.69, 9.17) is 9.47 Å². The third-order valence-electron chi connectivity index (χ3n) is 4.49. The molecular weight excluding hydrogens is 430 g/mol. The molecule has 0 atom stereocenters. The highest BCUT2D eigenvalue weighted by Gasteiger charge is 2.12. The molecule has 0 unspecified atom stereocenters. The fourth-order valence-electron chi connectivity index (χ4n) is 2.94. The third-order valence-corrected chi connectivity index (χ3v) is 5.45. The van der Waals surface area contributed by atoms with E-state index in [9.17, 15) is 9.59 Å². The largest absolute Gasteiger partial charge is 0.497 e. The van der Waals surface area contributed by atoms with Crippen LogP contribution in [0.3, 0.4) is 0 Å². The lowest BCUT2D eigenvalue weighted by Crippen LogP contribution is -2.29. The minimum Gasteiger partial charge on any atom is -0.497 e. The van der Waals surface area contributed by atoms with Crippen LogP contribution in [0.2, 0.25) is 0 Å². The molecule has 0 aliphatic heterocycles. The number of anilines is 1. The molecule has 2 amide bonds. The summed E-state index contributed by atoms with van der Waals surface area (Å²) in [5.74, 6) is 1.47. The van der Waals surface area contributed by atoms with Crippen LogP contribution in [0.5, 0.6) is 11.5 Å². The van der Waals surface area contributed by atoms with Gasteiger partial charge in [-0.3, -0.25) is 4.79 Å². The summed E-state index contributed by atoms with van der Waals surface area (Å²) in [6.45, 7) is 2.58. The molecule has 0 fully saturated rings. The molecule has 164 valence electrons. The van der Waals surface area contributed by atoms with Crippen molar-refractivity contribution in [2.75, 3.05) is 19.0 Å². The van der Waals surface area contributed by atoms with Crippen LogP contribution in [-0.4, -0.2) is 34.3 Å². The van der Waals surface area contributed by atoms with Crippen molar-refractivity contribution in [3.63, 3.8) is 0 Å². The van der Waals surface area contributed by atoms with Gasteiger partial charge in [0, 0.05) is 17.3 Å². The third kappa shape index (κ3) is 4.86. The molecule has 2 aromatic carbocycles. The van der Waals surface area contributed by atoms with Crippen LogP contribution in [0.15, 0.2) is 59.4 Å². The highest BCUT2D eigenvalue weighted by molar-refractivity contribution is 7.19. The van der Waals surface area contributed by atoms with Crippen LogP contribution in [0.1, 0.15) is 12.6 Å². The standard InChI is InChI=1S/C22H21N5O4S/c1-3-31-18-10-6-15(7-11-18)24-21(29)23-13-16-12-19(28)27-22(25-16)32-20(26-27)14-4-8-17(30-2)9-5-14/h4-12H,3,13H2,1-2H3,(H2,23,24,29). The van der Waals surface area contributed by atoms with E-state index in [1.807, 2.05) is 31.2 Å². The Balaban J connectivity index is 1.43. The second kappa shape index (κ2) is 9.48. The van der Waals surface area contributed by atoms with E-state index in [1.165, 1.54) is 21.9 Å². The minimum atomic E-state index is -0.403. The number of benzene rings is 2. The number of hydrogen-bond acceptors (Lipinski definition) is 7. The predicted octanol–water partition coefficient (Wildman–Crippen LogP) is 3.55. The van der Waals surface area contributed by atoms with E-state index in [-0.39, 0.29) is 12.1 Å². The molecule has 0 bridgehead atoms. The fraction of sp³-hybridized carbons (Fsp3) is 0.182. The Labute approximate surface area is 187 Å². The first kappa shape index (κ1) is 21.3. The molecule has 0 radical (unpaired) electrons. The Morgan fingerprint density at radius 1 is 1.09 bits per heavy atom. The van der Waals surface area contributed by atoms with Crippen LogP contribution in [-0.2, 0) is 6.54 Å². The van der Waals surface area contributed by atoms with Crippen molar-refractivity contribution in [2.45, 2.75) is 13.5 Å². The SMILES string of the molecule is CCOc1ccc(NC(=O)NCc2cc(=O)n3nc(-c4ccc(OC)cc4)sc3n2)cc1. The molecular formula is C22H21N5O4S. The lowest BCUT2D eigenvalue weighted by atomic mass is 10.2. The summed E-state index contributed by atoms with van der Waals surface area (Å²) in [6.07, 6.45) is 0. The number of hydrogen-bond donors (Lipinski definition) is 2. The maximum atomic E-state index is 12.5. The first-order valence-corrected chi connectivity index (χ1v) is 10.7. The number of aromatic nitrogens is 3. The Hall–Kier alpha value is -3.92. The number of nitrogens with one attached hydrogen (secondary N) is 2. The molecule has 0 saturated carbocycles. The summed E-state index contributed by atoms with van der Waals surface area (Å²) in [5.41, 5.74) is 1.62. The zero-order valence-corrected chi connectivity index (χ0v) is 18.3. The average Bonchev–Trinajstić information content (AvgIpc) is 3.24. The van der Waals surface area contributed by atoms with E-state index in [0.717, 1.165) is 17.1 Å². The Morgan fingerprint density at radius 2 is 1.81 bits per heavy atom. The van der Waals surface area contributed by atoms with Crippen molar-refractivity contribution in [2.24, 2.45) is 0 Å². The van der Waals surface area contributed by atoms with E-state index in [1.54, 1.807) is 31.4 Å². The Bertz CT molecular complexity index is 1280. The smallest absolute Gasteiger partial charge is 0.319 e. The van der Waals surface area contributed by atoms with E-state index < -0.39 is 6.03 Å². The van der Waals surface area contributed by atoms with Gasteiger partial charge in [-0.05, 0) is 55.5 Å². The first-order valence-electron chi connectivity index (χ1n) is 9.87. The van der Waals surface area contributed by atoms with Crippen LogP contribution in [0.25, 0.3) is 15.5 Å². The number of carbonyl (C=O) groups is 1. The molecule has 2 aromatic heterocycles. The number of nitrogens with zero attached hydrogens (tertiary/aromatic N) is 3. The van der Waals surface area contributed by atoms with Crippen molar-refractivity contribution in [1.29, 1.82) is 0 Å². The van der Waals surface area contributed by atoms with Crippen molar-refractivity contribution >= 4 is 28.0 Å². The Kier molecular flexibility index (Phi) is 6.31. The van der Waals surface area contributed by atoms with Crippen molar-refractivity contribution in [3.05, 3.63) is 70.6 Å². The number of rotatable bonds is 7. The topological polar surface area (TPSA) is 107 Å². The van der Waals surface area contributed by atoms with Gasteiger partial charge in [-0.1, -0.05) is 11.3 Å². The molecule has 9 nitrogen and oxygen atoms in total. The highest BCUT2D eigenvalue weighted by Crippen LogP contribution is 2.26. The molecule has 4 rings (SSSR count). The lowest BCUT2D eigenvalue weighted by Gasteiger charge is -2.08. The second-order valence-electron chi connectivity index (χ2n) is 6.68. The summed E-state index contributed by atoms with van der Waals surface area (Å²) in [5, 5.41) is 10.5. The summed E-state index contributed by atoms with van der Waals surface area (Å²) >= 11 is 1.29. The van der Waals surface area contributed by atoms with Gasteiger partial charge in [-0.2, -0.15) is 9.61 Å². The van der Waals surface area contributed by atoms with Gasteiger partial charge in [0.2, 0.25) is 4.96 Å². The maximum absolute atomic E-state index is 12.5. The monoisotopic (exact) mass is 451 g/mol. The van der Waals surface area contributed by atoms with Gasteiger partial charge in [0.25, 0.3) is 5.56 Å². The molecule has 0 aliphatic rings. The zero-order chi connectivity index (χ0) is 22.5. The quantitative estimate of drug-likeness (QED) is 0.445. The summed E-state index contributed by atoms with van der Waals surface area (Å²) < 4.78 is 11.8. The summed E-state index contributed by atoms with van der Waals surface area (Å²) in [7, 11) is 1.60. The molecule has 2 N–H and O–H groups in total. The van der Waals surface area contributed by atoms with Crippen molar-refractivity contribution in [1.82, 2.24) is 19.9 Å². The summed E-state index contributed by atoms with van der Waals surface area (Å²) in [4.78, 5) is 29.6. The van der Waals surface area contributed by atoms with Gasteiger partial charge >= 0.3 is 6.03 Å². The number of fused-ring (bicyclic) bond motifs is 1. The number of urea groups is 1. The molecule has 0 aliphatic carbocycles. The highest BCUT2D eigenvalue weighted by atomic mass is 32.1. The number of amides is 2. The van der Waals surface area contributed by atoms with Gasteiger partial charge in [0.1, 0.15) is 16.5 Å². The zero-order valence-electron chi connectivity index (χ0n) is 17.5. The summed E-state index contributed by atoms with van der Waals surface area (Å²) in [6, 6.07) is 15.4. The molecule has 32 heavy (non-hydrogen) atoms. The normalized spacial score (nSPS) is 10.7. The van der Waals surface area contributed by atoms with Crippen LogP contribution in [0, 0.1) is 0 Å².